The average Bonchev–Trinajstić information content (AvgIpc) is 3.36. The van der Waals surface area contributed by atoms with Crippen molar-refractivity contribution < 1.29 is 35.9 Å². The molecular weight excluding hydrogens is 521 g/mol. The molecule has 11 heteroatoms. The van der Waals surface area contributed by atoms with Crippen molar-refractivity contribution in [3.05, 3.63) is 71.5 Å². The third-order valence-electron chi connectivity index (χ3n) is 7.25. The van der Waals surface area contributed by atoms with Gasteiger partial charge in [0, 0.05) is 31.5 Å². The molecule has 3 heterocycles. The first-order chi connectivity index (χ1) is 17.9. The van der Waals surface area contributed by atoms with E-state index in [1.54, 1.807) is 43.0 Å². The maximum Gasteiger partial charge on any atom is 0.431 e. The Morgan fingerprint density at radius 3 is 2.37 bits per heavy atom. The van der Waals surface area contributed by atoms with Gasteiger partial charge < -0.3 is 18.9 Å². The number of hydrogen-bond donors (Lipinski definition) is 0. The van der Waals surface area contributed by atoms with Gasteiger partial charge in [0.2, 0.25) is 0 Å². The van der Waals surface area contributed by atoms with Crippen molar-refractivity contribution in [3.8, 4) is 17.2 Å². The van der Waals surface area contributed by atoms with Crippen LogP contribution in [-0.4, -0.2) is 49.2 Å². The number of hydrogen-bond acceptors (Lipinski definition) is 5. The van der Waals surface area contributed by atoms with E-state index in [4.69, 9.17) is 9.47 Å². The molecule has 1 spiro atoms. The van der Waals surface area contributed by atoms with Gasteiger partial charge in [-0.2, -0.15) is 13.2 Å². The number of carbonyl (C=O) groups excluding carboxylic acids is 1. The number of likely N-dealkylation sites (tertiary alicyclic amines) is 1. The van der Waals surface area contributed by atoms with Crippen molar-refractivity contribution in [3.63, 3.8) is 0 Å². The second kappa shape index (κ2) is 9.07. The quantitative estimate of drug-likeness (QED) is 0.447. The minimum absolute atomic E-state index is 0.0136. The Morgan fingerprint density at radius 1 is 1.05 bits per heavy atom. The van der Waals surface area contributed by atoms with Crippen LogP contribution in [0.5, 0.6) is 11.5 Å². The van der Waals surface area contributed by atoms with Crippen LogP contribution in [0.1, 0.15) is 48.4 Å². The molecule has 7 nitrogen and oxygen atoms in total. The van der Waals surface area contributed by atoms with E-state index in [-0.39, 0.29) is 48.0 Å². The second-order valence-corrected chi connectivity index (χ2v) is 12.2. The van der Waals surface area contributed by atoms with Crippen molar-refractivity contribution >= 4 is 15.7 Å². The van der Waals surface area contributed by atoms with Gasteiger partial charge in [0.1, 0.15) is 22.1 Å². The van der Waals surface area contributed by atoms with Crippen LogP contribution in [0.15, 0.2) is 59.5 Å². The van der Waals surface area contributed by atoms with Gasteiger partial charge in [0.05, 0.1) is 23.7 Å². The fraction of sp³-hybridized carbons (Fsp3) is 0.370. The molecule has 0 saturated carbocycles. The Kier molecular flexibility index (Phi) is 6.24. The zero-order valence-corrected chi connectivity index (χ0v) is 21.9. The van der Waals surface area contributed by atoms with Crippen LogP contribution >= 0.6 is 0 Å². The monoisotopic (exact) mass is 548 g/mol. The highest BCUT2D eigenvalue weighted by molar-refractivity contribution is 7.92. The number of ether oxygens (including phenoxy) is 2. The Bertz CT molecular complexity index is 1500. The summed E-state index contributed by atoms with van der Waals surface area (Å²) < 4.78 is 79.7. The molecule has 1 fully saturated rings. The van der Waals surface area contributed by atoms with Gasteiger partial charge in [-0.1, -0.05) is 12.1 Å². The highest BCUT2D eigenvalue weighted by Gasteiger charge is 2.48. The molecule has 3 aromatic rings. The highest BCUT2D eigenvalue weighted by Crippen LogP contribution is 2.48. The van der Waals surface area contributed by atoms with Gasteiger partial charge in [0.25, 0.3) is 5.91 Å². The first-order valence-electron chi connectivity index (χ1n) is 12.2. The van der Waals surface area contributed by atoms with E-state index in [2.05, 4.69) is 0 Å². The van der Waals surface area contributed by atoms with Gasteiger partial charge in [0.15, 0.2) is 15.4 Å². The predicted octanol–water partition coefficient (Wildman–Crippen LogP) is 5.21. The van der Waals surface area contributed by atoms with Crippen LogP contribution in [0, 0.1) is 0 Å². The molecule has 0 bridgehead atoms. The smallest absolute Gasteiger partial charge is 0.431 e. The number of sulfone groups is 1. The summed E-state index contributed by atoms with van der Waals surface area (Å²) in [5.41, 5.74) is -0.808. The van der Waals surface area contributed by atoms with Crippen LogP contribution in [-0.2, 0) is 21.6 Å². The number of para-hydroxylation sites is 2. The van der Waals surface area contributed by atoms with E-state index in [1.807, 2.05) is 0 Å². The second-order valence-electron chi connectivity index (χ2n) is 9.75. The van der Waals surface area contributed by atoms with Gasteiger partial charge >= 0.3 is 6.18 Å². The fourth-order valence-electron chi connectivity index (χ4n) is 5.17. The number of fused-ring (bicyclic) bond motifs is 4. The Balaban J connectivity index is 1.43. The van der Waals surface area contributed by atoms with E-state index in [0.717, 1.165) is 6.07 Å². The molecule has 2 aliphatic rings. The number of benzene rings is 2. The van der Waals surface area contributed by atoms with E-state index in [0.29, 0.717) is 17.1 Å². The molecule has 2 aliphatic heterocycles. The lowest BCUT2D eigenvalue weighted by molar-refractivity contribution is -0.143. The normalized spacial score (nSPS) is 16.7. The molecule has 202 valence electrons. The van der Waals surface area contributed by atoms with E-state index in [1.165, 1.54) is 35.9 Å². The SMILES string of the molecule is COc1cc(C(=O)N2CCC3(CC2)Oc2ccccc2-n2c(C(F)(F)F)ccc23)ccc1S(=O)(=O)C(C)C. The molecule has 38 heavy (non-hydrogen) atoms. The van der Waals surface area contributed by atoms with Gasteiger partial charge in [-0.15, -0.1) is 0 Å². The molecule has 1 aromatic heterocycles. The molecule has 0 unspecified atom stereocenters. The van der Waals surface area contributed by atoms with Gasteiger partial charge in [-0.25, -0.2) is 8.42 Å². The number of alkyl halides is 3. The first kappa shape index (κ1) is 26.1. The minimum atomic E-state index is -4.55. The molecule has 0 N–H and O–H groups in total. The molecule has 5 rings (SSSR count). The summed E-state index contributed by atoms with van der Waals surface area (Å²) in [5.74, 6) is 0.116. The number of piperidine rings is 1. The van der Waals surface area contributed by atoms with Crippen molar-refractivity contribution in [1.82, 2.24) is 9.47 Å². The van der Waals surface area contributed by atoms with Crippen LogP contribution < -0.4 is 9.47 Å². The number of methoxy groups -OCH3 is 1. The summed E-state index contributed by atoms with van der Waals surface area (Å²) in [7, 11) is -2.27. The number of rotatable bonds is 4. The molecule has 1 saturated heterocycles. The third kappa shape index (κ3) is 4.13. The Labute approximate surface area is 218 Å². The molecule has 0 radical (unpaired) electrons. The summed E-state index contributed by atoms with van der Waals surface area (Å²) in [4.78, 5) is 14.9. The Hall–Kier alpha value is -3.47. The molecule has 0 aliphatic carbocycles. The summed E-state index contributed by atoms with van der Waals surface area (Å²) in [6.07, 6.45) is -3.98. The average molecular weight is 549 g/mol. The van der Waals surface area contributed by atoms with Crippen molar-refractivity contribution in [2.24, 2.45) is 0 Å². The highest BCUT2D eigenvalue weighted by atomic mass is 32.2. The summed E-state index contributed by atoms with van der Waals surface area (Å²) in [6.45, 7) is 3.61. The fourth-order valence-corrected chi connectivity index (χ4v) is 6.35. The number of halogens is 3. The number of amides is 1. The Morgan fingerprint density at radius 2 is 1.74 bits per heavy atom. The molecule has 2 aromatic carbocycles. The molecular formula is C27H27F3N2O5S. The lowest BCUT2D eigenvalue weighted by Crippen LogP contribution is -2.50. The van der Waals surface area contributed by atoms with Crippen molar-refractivity contribution in [2.75, 3.05) is 20.2 Å². The van der Waals surface area contributed by atoms with Crippen LogP contribution in [0.3, 0.4) is 0 Å². The van der Waals surface area contributed by atoms with Gasteiger partial charge in [-0.3, -0.25) is 4.79 Å². The summed E-state index contributed by atoms with van der Waals surface area (Å²) in [5, 5.41) is -0.659. The molecule has 0 atom stereocenters. The van der Waals surface area contributed by atoms with Crippen LogP contribution in [0.25, 0.3) is 5.69 Å². The maximum absolute atomic E-state index is 13.9. The third-order valence-corrected chi connectivity index (χ3v) is 9.44. The predicted molar refractivity (Wildman–Crippen MR) is 134 cm³/mol. The van der Waals surface area contributed by atoms with E-state index < -0.39 is 32.6 Å². The van der Waals surface area contributed by atoms with Crippen molar-refractivity contribution in [1.29, 1.82) is 0 Å². The van der Waals surface area contributed by atoms with Crippen LogP contribution in [0.4, 0.5) is 13.2 Å². The van der Waals surface area contributed by atoms with Crippen LogP contribution in [0.2, 0.25) is 0 Å². The number of nitrogens with zero attached hydrogens (tertiary/aromatic N) is 2. The standard InChI is InChI=1S/C27H27F3N2O5S/c1-17(2)38(34,35)22-9-8-18(16-21(22)36-3)25(33)31-14-12-26(13-15-31)23-10-11-24(27(28,29)30)32(23)19-6-4-5-7-20(19)37-26/h4-11,16-17H,12-15H2,1-3H3. The number of aromatic nitrogens is 1. The largest absolute Gasteiger partial charge is 0.495 e. The lowest BCUT2D eigenvalue weighted by Gasteiger charge is -2.45. The zero-order valence-electron chi connectivity index (χ0n) is 21.1. The maximum atomic E-state index is 13.9. The van der Waals surface area contributed by atoms with Gasteiger partial charge in [-0.05, 0) is 56.3 Å². The molecule has 1 amide bonds. The number of carbonyl (C=O) groups is 1. The van der Waals surface area contributed by atoms with Crippen molar-refractivity contribution in [2.45, 2.75) is 48.6 Å². The van der Waals surface area contributed by atoms with E-state index in [9.17, 15) is 26.4 Å². The summed E-state index contributed by atoms with van der Waals surface area (Å²) >= 11 is 0. The van der Waals surface area contributed by atoms with E-state index >= 15 is 0 Å². The topological polar surface area (TPSA) is 77.8 Å². The first-order valence-corrected chi connectivity index (χ1v) is 13.7. The minimum Gasteiger partial charge on any atom is -0.495 e. The summed E-state index contributed by atoms with van der Waals surface area (Å²) in [6, 6.07) is 13.4. The lowest BCUT2D eigenvalue weighted by atomic mass is 9.86. The zero-order chi connectivity index (χ0) is 27.5.